The predicted molar refractivity (Wildman–Crippen MR) is 101 cm³/mol. The van der Waals surface area contributed by atoms with E-state index in [1.54, 1.807) is 0 Å². The summed E-state index contributed by atoms with van der Waals surface area (Å²) in [6.45, 7) is 0.244. The van der Waals surface area contributed by atoms with Crippen molar-refractivity contribution >= 4 is 27.6 Å². The van der Waals surface area contributed by atoms with Crippen LogP contribution in [0.25, 0.3) is 0 Å². The van der Waals surface area contributed by atoms with Gasteiger partial charge in [-0.3, -0.25) is 4.68 Å². The molecular formula is C18H19BrF3N5O2. The van der Waals surface area contributed by atoms with Crippen molar-refractivity contribution in [1.82, 2.24) is 19.7 Å². The molecule has 7 nitrogen and oxygen atoms in total. The average Bonchev–Trinajstić information content (AvgIpc) is 3.00. The maximum atomic E-state index is 14.9. The number of aliphatic hydroxyl groups is 1. The Morgan fingerprint density at radius 1 is 1.41 bits per heavy atom. The van der Waals surface area contributed by atoms with Crippen molar-refractivity contribution in [3.8, 4) is 0 Å². The van der Waals surface area contributed by atoms with Gasteiger partial charge in [-0.25, -0.2) is 14.2 Å². The molecule has 0 aromatic carbocycles. The number of fused-ring (bicyclic) bond motifs is 3. The Morgan fingerprint density at radius 2 is 2.21 bits per heavy atom. The summed E-state index contributed by atoms with van der Waals surface area (Å²) in [4.78, 5) is 17.7. The van der Waals surface area contributed by atoms with Crippen molar-refractivity contribution in [2.24, 2.45) is 5.92 Å². The van der Waals surface area contributed by atoms with Crippen LogP contribution in [0.15, 0.2) is 16.9 Å². The lowest BCUT2D eigenvalue weighted by Gasteiger charge is -2.28. The zero-order chi connectivity index (χ0) is 20.8. The van der Waals surface area contributed by atoms with Crippen molar-refractivity contribution in [2.75, 3.05) is 18.5 Å². The van der Waals surface area contributed by atoms with Crippen molar-refractivity contribution in [3.63, 3.8) is 0 Å². The zero-order valence-corrected chi connectivity index (χ0v) is 16.9. The Labute approximate surface area is 173 Å². The first kappa shape index (κ1) is 20.1. The summed E-state index contributed by atoms with van der Waals surface area (Å²) in [5.74, 6) is -4.36. The first-order valence-electron chi connectivity index (χ1n) is 9.24. The van der Waals surface area contributed by atoms with Crippen LogP contribution in [0.5, 0.6) is 0 Å². The zero-order valence-electron chi connectivity index (χ0n) is 15.3. The molecule has 2 aromatic heterocycles. The van der Waals surface area contributed by atoms with Crippen LogP contribution in [0.1, 0.15) is 29.8 Å². The number of alkyl halides is 2. The van der Waals surface area contributed by atoms with E-state index in [2.05, 4.69) is 31.3 Å². The lowest BCUT2D eigenvalue weighted by molar-refractivity contribution is -0.0385. The molecular weight excluding hydrogens is 455 g/mol. The van der Waals surface area contributed by atoms with E-state index in [-0.39, 0.29) is 35.7 Å². The van der Waals surface area contributed by atoms with Crippen LogP contribution in [-0.4, -0.2) is 44.0 Å². The van der Waals surface area contributed by atoms with Crippen molar-refractivity contribution < 1.29 is 23.1 Å². The normalized spacial score (nSPS) is 20.6. The highest BCUT2D eigenvalue weighted by Crippen LogP contribution is 2.42. The fourth-order valence-corrected chi connectivity index (χ4v) is 4.23. The van der Waals surface area contributed by atoms with Gasteiger partial charge < -0.3 is 15.3 Å². The Hall–Kier alpha value is -2.14. The number of rotatable bonds is 2. The summed E-state index contributed by atoms with van der Waals surface area (Å²) >= 11 is 2.96. The molecule has 2 aliphatic heterocycles. The highest BCUT2D eigenvalue weighted by atomic mass is 79.9. The number of carbonyl (C=O) groups excluding carboxylic acids is 1. The third-order valence-electron chi connectivity index (χ3n) is 5.38. The highest BCUT2D eigenvalue weighted by Gasteiger charge is 2.44. The Bertz CT molecular complexity index is 952. The van der Waals surface area contributed by atoms with E-state index < -0.39 is 30.1 Å². The molecule has 29 heavy (non-hydrogen) atoms. The molecule has 2 aromatic rings. The van der Waals surface area contributed by atoms with E-state index in [0.29, 0.717) is 30.6 Å². The van der Waals surface area contributed by atoms with E-state index in [0.717, 1.165) is 0 Å². The van der Waals surface area contributed by atoms with Crippen LogP contribution in [-0.2, 0) is 25.4 Å². The first-order valence-corrected chi connectivity index (χ1v) is 10.0. The van der Waals surface area contributed by atoms with Gasteiger partial charge >= 0.3 is 6.03 Å². The molecule has 11 heteroatoms. The fraction of sp³-hybridized carbons (Fsp3) is 0.500. The minimum absolute atomic E-state index is 0.0312. The summed E-state index contributed by atoms with van der Waals surface area (Å²) in [6, 6.07) is 0.737. The number of urea groups is 1. The molecule has 0 spiro atoms. The third kappa shape index (κ3) is 3.73. The second-order valence-corrected chi connectivity index (χ2v) is 8.06. The molecule has 4 rings (SSSR count). The summed E-state index contributed by atoms with van der Waals surface area (Å²) in [5.41, 5.74) is 0.668. The molecule has 0 fully saturated rings. The average molecular weight is 474 g/mol. The number of aliphatic hydroxyl groups excluding tert-OH is 1. The van der Waals surface area contributed by atoms with Gasteiger partial charge in [0, 0.05) is 44.3 Å². The van der Waals surface area contributed by atoms with E-state index in [1.165, 1.54) is 21.8 Å². The largest absolute Gasteiger partial charge is 0.396 e. The van der Waals surface area contributed by atoms with Crippen LogP contribution in [0, 0.1) is 11.7 Å². The van der Waals surface area contributed by atoms with Crippen molar-refractivity contribution in [2.45, 2.75) is 38.3 Å². The van der Waals surface area contributed by atoms with E-state index in [9.17, 15) is 23.1 Å². The number of nitrogens with one attached hydrogen (secondary N) is 1. The summed E-state index contributed by atoms with van der Waals surface area (Å²) < 4.78 is 45.2. The molecule has 2 amide bonds. The number of nitrogens with zero attached hydrogens (tertiary/aromatic N) is 4. The van der Waals surface area contributed by atoms with Gasteiger partial charge in [-0.2, -0.15) is 13.9 Å². The molecule has 4 heterocycles. The third-order valence-corrected chi connectivity index (χ3v) is 5.93. The summed E-state index contributed by atoms with van der Waals surface area (Å²) in [5, 5.41) is 16.1. The van der Waals surface area contributed by atoms with Crippen LogP contribution in [0.2, 0.25) is 0 Å². The predicted octanol–water partition coefficient (Wildman–Crippen LogP) is 3.26. The van der Waals surface area contributed by atoms with Gasteiger partial charge in [-0.1, -0.05) is 0 Å². The van der Waals surface area contributed by atoms with E-state index in [4.69, 9.17) is 0 Å². The lowest BCUT2D eigenvalue weighted by Crippen LogP contribution is -2.39. The number of carbonyl (C=O) groups is 1. The maximum Gasteiger partial charge on any atom is 0.322 e. The molecule has 156 valence electrons. The van der Waals surface area contributed by atoms with Crippen LogP contribution in [0.4, 0.5) is 23.7 Å². The molecule has 1 atom stereocenters. The quantitative estimate of drug-likeness (QED) is 0.655. The standard InChI is InChI=1S/C18H19BrF3N5O2/c19-16-14(20)13(1-4-23-16)24-17(29)26-5-3-12-11(8-26)15-18(21,22)7-10(9-28)2-6-27(15)25-12/h1,4,10,28H,2-3,5-9H2,(H,23,24,29)/t10-/m0/s1. The second-order valence-electron chi connectivity index (χ2n) is 7.31. The lowest BCUT2D eigenvalue weighted by atomic mass is 9.95. The number of halogens is 4. The SMILES string of the molecule is O=C(Nc1ccnc(Br)c1F)N1CCc2nn3c(c2C1)C(F)(F)C[C@@H](CO)CC3. The molecule has 0 radical (unpaired) electrons. The number of anilines is 1. The summed E-state index contributed by atoms with van der Waals surface area (Å²) in [7, 11) is 0. The molecule has 0 aliphatic carbocycles. The van der Waals surface area contributed by atoms with Crippen molar-refractivity contribution in [3.05, 3.63) is 39.6 Å². The van der Waals surface area contributed by atoms with Gasteiger partial charge in [-0.05, 0) is 34.3 Å². The smallest absolute Gasteiger partial charge is 0.322 e. The van der Waals surface area contributed by atoms with Crippen LogP contribution in [0.3, 0.4) is 0 Å². The molecule has 0 saturated heterocycles. The highest BCUT2D eigenvalue weighted by molar-refractivity contribution is 9.10. The van der Waals surface area contributed by atoms with Gasteiger partial charge in [0.1, 0.15) is 10.3 Å². The minimum atomic E-state index is -3.15. The number of hydrogen-bond donors (Lipinski definition) is 2. The number of aryl methyl sites for hydroxylation is 1. The Balaban J connectivity index is 1.58. The molecule has 2 N–H and O–H groups in total. The topological polar surface area (TPSA) is 83.3 Å². The molecule has 0 bridgehead atoms. The maximum absolute atomic E-state index is 14.9. The monoisotopic (exact) mass is 473 g/mol. The van der Waals surface area contributed by atoms with Gasteiger partial charge in [0.25, 0.3) is 5.92 Å². The Kier molecular flexibility index (Phi) is 5.28. The number of amides is 2. The van der Waals surface area contributed by atoms with E-state index in [1.807, 2.05) is 0 Å². The van der Waals surface area contributed by atoms with Gasteiger partial charge in [-0.15, -0.1) is 0 Å². The molecule has 2 aliphatic rings. The van der Waals surface area contributed by atoms with Crippen LogP contribution >= 0.6 is 15.9 Å². The van der Waals surface area contributed by atoms with Gasteiger partial charge in [0.15, 0.2) is 5.82 Å². The van der Waals surface area contributed by atoms with E-state index >= 15 is 0 Å². The van der Waals surface area contributed by atoms with Gasteiger partial charge in [0.05, 0.1) is 17.9 Å². The molecule has 0 unspecified atom stereocenters. The fourth-order valence-electron chi connectivity index (χ4n) is 3.90. The number of aromatic nitrogens is 3. The van der Waals surface area contributed by atoms with Gasteiger partial charge in [0.2, 0.25) is 0 Å². The first-order chi connectivity index (χ1) is 13.8. The van der Waals surface area contributed by atoms with Crippen LogP contribution < -0.4 is 5.32 Å². The molecule has 0 saturated carbocycles. The Morgan fingerprint density at radius 3 is 2.97 bits per heavy atom. The van der Waals surface area contributed by atoms with Crippen molar-refractivity contribution in [1.29, 1.82) is 0 Å². The summed E-state index contributed by atoms with van der Waals surface area (Å²) in [6.07, 6.45) is 1.64. The number of pyridine rings is 1. The minimum Gasteiger partial charge on any atom is -0.396 e. The second kappa shape index (κ2) is 7.60. The number of hydrogen-bond acceptors (Lipinski definition) is 4.